The molecule has 1 saturated heterocycles. The lowest BCUT2D eigenvalue weighted by molar-refractivity contribution is -0.124. The third-order valence-corrected chi connectivity index (χ3v) is 8.28. The molecule has 0 atom stereocenters. The van der Waals surface area contributed by atoms with Crippen molar-refractivity contribution < 1.29 is 18.0 Å². The van der Waals surface area contributed by atoms with Crippen molar-refractivity contribution in [3.8, 4) is 0 Å². The number of rotatable bonds is 9. The molecule has 190 valence electrons. The molecule has 0 unspecified atom stereocenters. The summed E-state index contributed by atoms with van der Waals surface area (Å²) in [5, 5.41) is 4.10. The highest BCUT2D eigenvalue weighted by molar-refractivity contribution is 7.92. The first-order chi connectivity index (χ1) is 16.5. The van der Waals surface area contributed by atoms with Crippen LogP contribution in [0.1, 0.15) is 55.2 Å². The van der Waals surface area contributed by atoms with E-state index in [0.717, 1.165) is 36.0 Å². The number of piperidine rings is 1. The van der Waals surface area contributed by atoms with Gasteiger partial charge in [0.15, 0.2) is 0 Å². The SMILES string of the molecule is C=CCCCCC1=NC2(CCN(S(=O)(=O)/C=C/c3c(C)cc(N(C)C(N)=O)cc3C)CC2)C(=O)N1. The molecule has 0 aliphatic carbocycles. The van der Waals surface area contributed by atoms with Gasteiger partial charge in [-0.1, -0.05) is 6.08 Å². The molecule has 3 N–H and O–H groups in total. The zero-order valence-electron chi connectivity index (χ0n) is 20.7. The Morgan fingerprint density at radius 2 is 1.89 bits per heavy atom. The Morgan fingerprint density at radius 1 is 1.26 bits per heavy atom. The van der Waals surface area contributed by atoms with Gasteiger partial charge in [-0.05, 0) is 80.9 Å². The summed E-state index contributed by atoms with van der Waals surface area (Å²) in [6.07, 6.45) is 7.72. The minimum absolute atomic E-state index is 0.129. The van der Waals surface area contributed by atoms with Crippen LogP contribution in [0.4, 0.5) is 10.5 Å². The van der Waals surface area contributed by atoms with Crippen LogP contribution in [-0.4, -0.2) is 56.2 Å². The van der Waals surface area contributed by atoms with E-state index in [9.17, 15) is 18.0 Å². The Hall–Kier alpha value is -2.98. The molecule has 0 saturated carbocycles. The number of hydrogen-bond acceptors (Lipinski definition) is 5. The van der Waals surface area contributed by atoms with Gasteiger partial charge in [-0.25, -0.2) is 13.2 Å². The summed E-state index contributed by atoms with van der Waals surface area (Å²) in [6.45, 7) is 7.89. The van der Waals surface area contributed by atoms with Gasteiger partial charge >= 0.3 is 6.03 Å². The number of aliphatic imine (C=N–C) groups is 1. The Morgan fingerprint density at radius 3 is 2.46 bits per heavy atom. The monoisotopic (exact) mass is 501 g/mol. The van der Waals surface area contributed by atoms with Crippen molar-refractivity contribution in [2.45, 2.75) is 57.9 Å². The molecular weight excluding hydrogens is 466 g/mol. The van der Waals surface area contributed by atoms with Gasteiger partial charge in [-0.2, -0.15) is 4.31 Å². The Kier molecular flexibility index (Phi) is 8.17. The van der Waals surface area contributed by atoms with E-state index in [1.54, 1.807) is 25.3 Å². The molecule has 2 aliphatic rings. The van der Waals surface area contributed by atoms with E-state index < -0.39 is 21.6 Å². The Labute approximate surface area is 207 Å². The number of benzene rings is 1. The molecule has 3 rings (SSSR count). The number of hydrogen-bond donors (Lipinski definition) is 2. The molecule has 0 radical (unpaired) electrons. The third kappa shape index (κ3) is 5.99. The smallest absolute Gasteiger partial charge is 0.318 e. The molecule has 2 aliphatic heterocycles. The summed E-state index contributed by atoms with van der Waals surface area (Å²) in [7, 11) is -2.09. The topological polar surface area (TPSA) is 125 Å². The highest BCUT2D eigenvalue weighted by atomic mass is 32.2. The summed E-state index contributed by atoms with van der Waals surface area (Å²) in [5.74, 6) is 0.572. The highest BCUT2D eigenvalue weighted by Crippen LogP contribution is 2.32. The molecule has 2 heterocycles. The number of nitrogens with one attached hydrogen (secondary N) is 1. The predicted molar refractivity (Wildman–Crippen MR) is 140 cm³/mol. The van der Waals surface area contributed by atoms with Gasteiger partial charge in [0.25, 0.3) is 5.91 Å². The van der Waals surface area contributed by atoms with E-state index in [0.29, 0.717) is 30.8 Å². The summed E-state index contributed by atoms with van der Waals surface area (Å²) in [6, 6.07) is 3.01. The zero-order chi connectivity index (χ0) is 25.8. The van der Waals surface area contributed by atoms with Crippen LogP contribution in [0.2, 0.25) is 0 Å². The van der Waals surface area contributed by atoms with Crippen molar-refractivity contribution in [1.29, 1.82) is 0 Å². The largest absolute Gasteiger partial charge is 0.351 e. The van der Waals surface area contributed by atoms with Gasteiger partial charge in [-0.15, -0.1) is 6.58 Å². The molecule has 3 amide bonds. The molecule has 10 heteroatoms. The van der Waals surface area contributed by atoms with Gasteiger partial charge in [0, 0.05) is 37.7 Å². The maximum absolute atomic E-state index is 13.0. The van der Waals surface area contributed by atoms with E-state index in [-0.39, 0.29) is 19.0 Å². The van der Waals surface area contributed by atoms with Crippen molar-refractivity contribution in [1.82, 2.24) is 9.62 Å². The van der Waals surface area contributed by atoms with Crippen molar-refractivity contribution >= 4 is 39.6 Å². The number of urea groups is 1. The normalized spacial score (nSPS) is 18.0. The number of carbonyl (C=O) groups excluding carboxylic acids is 2. The number of aryl methyl sites for hydroxylation is 2. The molecule has 1 aromatic carbocycles. The molecule has 0 aromatic heterocycles. The number of allylic oxidation sites excluding steroid dienone is 1. The van der Waals surface area contributed by atoms with Crippen LogP contribution in [0, 0.1) is 13.8 Å². The summed E-state index contributed by atoms with van der Waals surface area (Å²) in [5.41, 5.74) is 7.55. The fourth-order valence-corrected chi connectivity index (χ4v) is 5.68. The van der Waals surface area contributed by atoms with Crippen LogP contribution in [0.15, 0.2) is 35.2 Å². The van der Waals surface area contributed by atoms with Crippen molar-refractivity contribution in [3.63, 3.8) is 0 Å². The number of nitrogens with two attached hydrogens (primary N) is 1. The summed E-state index contributed by atoms with van der Waals surface area (Å²) in [4.78, 5) is 30.1. The summed E-state index contributed by atoms with van der Waals surface area (Å²) >= 11 is 0. The molecule has 1 fully saturated rings. The van der Waals surface area contributed by atoms with E-state index in [2.05, 4.69) is 16.9 Å². The minimum Gasteiger partial charge on any atom is -0.351 e. The van der Waals surface area contributed by atoms with E-state index in [1.165, 1.54) is 14.6 Å². The van der Waals surface area contributed by atoms with Crippen molar-refractivity contribution in [2.24, 2.45) is 10.7 Å². The molecule has 1 spiro atoms. The van der Waals surface area contributed by atoms with Crippen LogP contribution in [0.25, 0.3) is 6.08 Å². The summed E-state index contributed by atoms with van der Waals surface area (Å²) < 4.78 is 27.4. The number of sulfonamides is 1. The van der Waals surface area contributed by atoms with Crippen LogP contribution in [0.5, 0.6) is 0 Å². The van der Waals surface area contributed by atoms with Crippen molar-refractivity contribution in [2.75, 3.05) is 25.0 Å². The molecule has 0 bridgehead atoms. The average molecular weight is 502 g/mol. The van der Waals surface area contributed by atoms with Crippen LogP contribution in [0.3, 0.4) is 0 Å². The van der Waals surface area contributed by atoms with Gasteiger partial charge in [0.05, 0.1) is 0 Å². The minimum atomic E-state index is -3.67. The van der Waals surface area contributed by atoms with Gasteiger partial charge in [-0.3, -0.25) is 14.7 Å². The van der Waals surface area contributed by atoms with Crippen LogP contribution < -0.4 is 16.0 Å². The van der Waals surface area contributed by atoms with E-state index >= 15 is 0 Å². The molecule has 35 heavy (non-hydrogen) atoms. The van der Waals surface area contributed by atoms with Crippen LogP contribution in [-0.2, 0) is 14.8 Å². The predicted octanol–water partition coefficient (Wildman–Crippen LogP) is 3.23. The number of primary amides is 1. The van der Waals surface area contributed by atoms with Gasteiger partial charge < -0.3 is 11.1 Å². The fourth-order valence-electron chi connectivity index (χ4n) is 4.51. The fraction of sp³-hybridized carbons (Fsp3) is 0.480. The number of nitrogens with zero attached hydrogens (tertiary/aromatic N) is 3. The first-order valence-corrected chi connectivity index (χ1v) is 13.3. The number of carbonyl (C=O) groups is 2. The zero-order valence-corrected chi connectivity index (χ0v) is 21.5. The van der Waals surface area contributed by atoms with Crippen molar-refractivity contribution in [3.05, 3.63) is 46.9 Å². The maximum Gasteiger partial charge on any atom is 0.318 e. The van der Waals surface area contributed by atoms with Crippen LogP contribution >= 0.6 is 0 Å². The lowest BCUT2D eigenvalue weighted by Crippen LogP contribution is -2.50. The molecule has 9 nitrogen and oxygen atoms in total. The van der Waals surface area contributed by atoms with E-state index in [4.69, 9.17) is 5.73 Å². The number of anilines is 1. The maximum atomic E-state index is 13.0. The number of amides is 3. The quantitative estimate of drug-likeness (QED) is 0.398. The third-order valence-electron chi connectivity index (χ3n) is 6.71. The highest BCUT2D eigenvalue weighted by Gasteiger charge is 2.46. The first-order valence-electron chi connectivity index (χ1n) is 11.8. The van der Waals surface area contributed by atoms with Gasteiger partial charge in [0.1, 0.15) is 11.4 Å². The second-order valence-electron chi connectivity index (χ2n) is 9.22. The number of amidine groups is 1. The Balaban J connectivity index is 1.67. The standard InChI is InChI=1S/C25H35N5O4S/c1-5-6-7-8-9-22-27-23(31)25(28-22)11-13-30(14-12-25)35(33,34)15-10-21-18(2)16-20(17-19(21)3)29(4)24(26)32/h5,10,15-17H,1,6-9,11-14H2,2-4H3,(H2,26,32)(H,27,28,31)/b15-10+. The van der Waals surface area contributed by atoms with Gasteiger partial charge in [0.2, 0.25) is 10.0 Å². The Bertz CT molecular complexity index is 1140. The average Bonchev–Trinajstić information content (AvgIpc) is 3.10. The second kappa shape index (κ2) is 10.7. The van der Waals surface area contributed by atoms with E-state index in [1.807, 2.05) is 19.9 Å². The second-order valence-corrected chi connectivity index (χ2v) is 11.0. The molecular formula is C25H35N5O4S. The molecule has 1 aromatic rings. The lowest BCUT2D eigenvalue weighted by atomic mass is 9.89. The first kappa shape index (κ1) is 26.6. The number of unbranched alkanes of at least 4 members (excludes halogenated alkanes) is 2. The lowest BCUT2D eigenvalue weighted by Gasteiger charge is -2.34.